The van der Waals surface area contributed by atoms with E-state index < -0.39 is 6.10 Å². The second-order valence-electron chi connectivity index (χ2n) is 8.00. The molecular formula is C29H23ClN2O3. The average molecular weight is 483 g/mol. The Bertz CT molecular complexity index is 1380. The summed E-state index contributed by atoms with van der Waals surface area (Å²) in [5, 5.41) is 13.9. The first-order chi connectivity index (χ1) is 17.1. The first kappa shape index (κ1) is 22.6. The van der Waals surface area contributed by atoms with Gasteiger partial charge in [-0.15, -0.1) is 0 Å². The van der Waals surface area contributed by atoms with Gasteiger partial charge in [-0.1, -0.05) is 35.9 Å². The van der Waals surface area contributed by atoms with Crippen molar-refractivity contribution in [1.29, 1.82) is 0 Å². The molecule has 0 aromatic heterocycles. The van der Waals surface area contributed by atoms with E-state index in [1.807, 2.05) is 91.1 Å². The summed E-state index contributed by atoms with van der Waals surface area (Å²) >= 11 is 6.18. The molecule has 1 heterocycles. The summed E-state index contributed by atoms with van der Waals surface area (Å²) < 4.78 is 11.8. The summed E-state index contributed by atoms with van der Waals surface area (Å²) in [4.78, 5) is 5.01. The minimum Gasteiger partial charge on any atom is -0.508 e. The summed E-state index contributed by atoms with van der Waals surface area (Å²) in [7, 11) is 1.64. The smallest absolute Gasteiger partial charge is 0.152 e. The Balaban J connectivity index is 1.66. The molecular weight excluding hydrogens is 460 g/mol. The predicted molar refractivity (Wildman–Crippen MR) is 140 cm³/mol. The third-order valence-corrected chi connectivity index (χ3v) is 5.95. The van der Waals surface area contributed by atoms with Gasteiger partial charge in [-0.3, -0.25) is 0 Å². The molecule has 0 saturated heterocycles. The van der Waals surface area contributed by atoms with Gasteiger partial charge in [0.25, 0.3) is 0 Å². The van der Waals surface area contributed by atoms with Gasteiger partial charge in [0.1, 0.15) is 22.9 Å². The van der Waals surface area contributed by atoms with Gasteiger partial charge in [0.2, 0.25) is 0 Å². The van der Waals surface area contributed by atoms with Crippen LogP contribution in [0.1, 0.15) is 17.2 Å². The number of hydrogen-bond acceptors (Lipinski definition) is 5. The lowest BCUT2D eigenvalue weighted by Gasteiger charge is -2.22. The summed E-state index contributed by atoms with van der Waals surface area (Å²) in [5.41, 5.74) is 4.95. The fraction of sp³-hybridized carbons (Fsp3) is 0.0690. The van der Waals surface area contributed by atoms with E-state index in [2.05, 4.69) is 5.32 Å². The Hall–Kier alpha value is -4.22. The van der Waals surface area contributed by atoms with Crippen LogP contribution >= 0.6 is 11.6 Å². The Labute approximate surface area is 209 Å². The lowest BCUT2D eigenvalue weighted by Crippen LogP contribution is -2.18. The number of hydrogen-bond donors (Lipinski definition) is 2. The topological polar surface area (TPSA) is 63.1 Å². The molecule has 1 aliphatic rings. The van der Waals surface area contributed by atoms with Gasteiger partial charge < -0.3 is 19.9 Å². The standard InChI is InChI=1S/C29H23ClN2O3/c1-34-24-16-12-22(13-17-24)31-18-25-28(19-8-14-23(33)15-9-19)32-26-4-2-3-5-27(26)35-29(25)20-6-10-21(30)11-7-20/h2-18,29,31,33H,1H3/b25-18+. The highest BCUT2D eigenvalue weighted by Crippen LogP contribution is 2.40. The number of fused-ring (bicyclic) bond motifs is 1. The maximum atomic E-state index is 9.87. The van der Waals surface area contributed by atoms with E-state index in [0.29, 0.717) is 10.8 Å². The molecule has 1 atom stereocenters. The molecule has 5 nitrogen and oxygen atoms in total. The van der Waals surface area contributed by atoms with Crippen LogP contribution in [-0.2, 0) is 0 Å². The monoisotopic (exact) mass is 482 g/mol. The van der Waals surface area contributed by atoms with Crippen molar-refractivity contribution in [2.75, 3.05) is 12.4 Å². The Morgan fingerprint density at radius 2 is 1.63 bits per heavy atom. The molecule has 1 aliphatic heterocycles. The van der Waals surface area contributed by atoms with Crippen molar-refractivity contribution < 1.29 is 14.6 Å². The molecule has 0 aliphatic carbocycles. The van der Waals surface area contributed by atoms with Gasteiger partial charge >= 0.3 is 0 Å². The quantitative estimate of drug-likeness (QED) is 0.313. The Morgan fingerprint density at radius 1 is 0.914 bits per heavy atom. The van der Waals surface area contributed by atoms with Crippen molar-refractivity contribution >= 4 is 28.7 Å². The van der Waals surface area contributed by atoms with E-state index >= 15 is 0 Å². The van der Waals surface area contributed by atoms with Gasteiger partial charge in [-0.2, -0.15) is 0 Å². The molecule has 0 saturated carbocycles. The van der Waals surface area contributed by atoms with Crippen LogP contribution in [0.25, 0.3) is 0 Å². The molecule has 2 N–H and O–H groups in total. The van der Waals surface area contributed by atoms with Gasteiger partial charge in [0.15, 0.2) is 6.10 Å². The zero-order valence-corrected chi connectivity index (χ0v) is 19.7. The molecule has 6 heteroatoms. The van der Waals surface area contributed by atoms with Gasteiger partial charge in [-0.05, 0) is 78.4 Å². The molecule has 5 rings (SSSR count). The number of methoxy groups -OCH3 is 1. The van der Waals surface area contributed by atoms with Gasteiger partial charge in [-0.25, -0.2) is 4.99 Å². The van der Waals surface area contributed by atoms with Crippen molar-refractivity contribution in [3.05, 3.63) is 125 Å². The third-order valence-electron chi connectivity index (χ3n) is 5.70. The van der Waals surface area contributed by atoms with Crippen LogP contribution in [0.2, 0.25) is 5.02 Å². The van der Waals surface area contributed by atoms with Crippen molar-refractivity contribution in [2.45, 2.75) is 6.10 Å². The van der Waals surface area contributed by atoms with Crippen molar-refractivity contribution in [1.82, 2.24) is 0 Å². The van der Waals surface area contributed by atoms with Crippen LogP contribution in [0.5, 0.6) is 17.2 Å². The number of nitrogens with one attached hydrogen (secondary N) is 1. The number of rotatable bonds is 5. The summed E-state index contributed by atoms with van der Waals surface area (Å²) in [6.07, 6.45) is 1.45. The third kappa shape index (κ3) is 5.00. The normalized spacial score (nSPS) is 16.0. The van der Waals surface area contributed by atoms with Crippen LogP contribution in [0, 0.1) is 0 Å². The second-order valence-corrected chi connectivity index (χ2v) is 8.43. The van der Waals surface area contributed by atoms with Gasteiger partial charge in [0, 0.05) is 28.0 Å². The largest absolute Gasteiger partial charge is 0.508 e. The number of nitrogens with zero attached hydrogens (tertiary/aromatic N) is 1. The predicted octanol–water partition coefficient (Wildman–Crippen LogP) is 7.30. The number of anilines is 1. The maximum absolute atomic E-state index is 9.87. The summed E-state index contributed by atoms with van der Waals surface area (Å²) in [6.45, 7) is 0. The SMILES string of the molecule is COc1ccc(N/C=C2\C(c3ccc(O)cc3)=Nc3ccccc3OC2c2ccc(Cl)cc2)cc1. The van der Waals surface area contributed by atoms with E-state index in [4.69, 9.17) is 26.1 Å². The fourth-order valence-corrected chi connectivity index (χ4v) is 4.00. The molecule has 0 radical (unpaired) electrons. The van der Waals surface area contributed by atoms with E-state index in [1.54, 1.807) is 19.2 Å². The highest BCUT2D eigenvalue weighted by Gasteiger charge is 2.28. The minimum atomic E-state index is -0.464. The zero-order chi connectivity index (χ0) is 24.2. The highest BCUT2D eigenvalue weighted by atomic mass is 35.5. The van der Waals surface area contributed by atoms with E-state index in [-0.39, 0.29) is 5.75 Å². The molecule has 0 spiro atoms. The van der Waals surface area contributed by atoms with Crippen molar-refractivity contribution in [3.63, 3.8) is 0 Å². The molecule has 4 aromatic carbocycles. The number of phenolic OH excluding ortho intramolecular Hbond substituents is 1. The van der Waals surface area contributed by atoms with E-state index in [9.17, 15) is 5.11 Å². The zero-order valence-electron chi connectivity index (χ0n) is 19.0. The van der Waals surface area contributed by atoms with E-state index in [1.165, 1.54) is 0 Å². The Morgan fingerprint density at radius 3 is 2.34 bits per heavy atom. The van der Waals surface area contributed by atoms with Crippen molar-refractivity contribution in [2.24, 2.45) is 4.99 Å². The number of ether oxygens (including phenoxy) is 2. The summed E-state index contributed by atoms with van der Waals surface area (Å²) in [6, 6.07) is 30.0. The van der Waals surface area contributed by atoms with Crippen LogP contribution in [0.15, 0.2) is 114 Å². The van der Waals surface area contributed by atoms with Crippen LogP contribution < -0.4 is 14.8 Å². The van der Waals surface area contributed by atoms with Gasteiger partial charge in [0.05, 0.1) is 12.8 Å². The molecule has 174 valence electrons. The number of aliphatic imine (C=N–C) groups is 1. The summed E-state index contributed by atoms with van der Waals surface area (Å²) in [5.74, 6) is 1.65. The number of aromatic hydroxyl groups is 1. The lowest BCUT2D eigenvalue weighted by molar-refractivity contribution is 0.252. The second kappa shape index (κ2) is 9.95. The minimum absolute atomic E-state index is 0.191. The van der Waals surface area contributed by atoms with Crippen LogP contribution in [0.4, 0.5) is 11.4 Å². The number of phenols is 1. The number of halogens is 1. The first-order valence-electron chi connectivity index (χ1n) is 11.1. The fourth-order valence-electron chi connectivity index (χ4n) is 3.88. The average Bonchev–Trinajstić information content (AvgIpc) is 3.06. The molecule has 0 amide bonds. The molecule has 1 unspecified atom stereocenters. The molecule has 4 aromatic rings. The van der Waals surface area contributed by atoms with Crippen molar-refractivity contribution in [3.8, 4) is 17.2 Å². The first-order valence-corrected chi connectivity index (χ1v) is 11.5. The number of benzene rings is 4. The molecule has 0 bridgehead atoms. The Kier molecular flexibility index (Phi) is 6.42. The van der Waals surface area contributed by atoms with Crippen LogP contribution in [0.3, 0.4) is 0 Å². The molecule has 35 heavy (non-hydrogen) atoms. The highest BCUT2D eigenvalue weighted by molar-refractivity contribution is 6.30. The number of para-hydroxylation sites is 2. The lowest BCUT2D eigenvalue weighted by atomic mass is 9.94. The maximum Gasteiger partial charge on any atom is 0.152 e. The van der Waals surface area contributed by atoms with E-state index in [0.717, 1.165) is 39.5 Å². The molecule has 0 fully saturated rings. The van der Waals surface area contributed by atoms with Crippen LogP contribution in [-0.4, -0.2) is 17.9 Å².